The molecule has 0 bridgehead atoms. The van der Waals surface area contributed by atoms with E-state index in [9.17, 15) is 18.5 Å². The van der Waals surface area contributed by atoms with Gasteiger partial charge in [-0.1, -0.05) is 24.3 Å². The second kappa shape index (κ2) is 6.21. The van der Waals surface area contributed by atoms with E-state index in [0.717, 1.165) is 17.2 Å². The molecule has 3 rings (SSSR count). The van der Waals surface area contributed by atoms with Crippen LogP contribution in [0.25, 0.3) is 0 Å². The number of methoxy groups -OCH3 is 1. The second-order valence-corrected chi connectivity index (χ2v) is 7.36. The molecule has 0 amide bonds. The van der Waals surface area contributed by atoms with Crippen LogP contribution in [0.5, 0.6) is 5.75 Å². The number of nitro benzene ring substituents is 1. The molecule has 0 spiro atoms. The zero-order chi connectivity index (χ0) is 17.3. The van der Waals surface area contributed by atoms with Gasteiger partial charge in [0.2, 0.25) is 10.0 Å². The summed E-state index contributed by atoms with van der Waals surface area (Å²) in [6.45, 7) is 0.637. The van der Waals surface area contributed by atoms with Crippen molar-refractivity contribution in [3.05, 3.63) is 63.7 Å². The summed E-state index contributed by atoms with van der Waals surface area (Å²) in [4.78, 5) is 10.2. The van der Waals surface area contributed by atoms with Crippen LogP contribution in [0.1, 0.15) is 11.1 Å². The molecule has 1 aliphatic rings. The summed E-state index contributed by atoms with van der Waals surface area (Å²) in [5, 5.41) is 10.9. The molecule has 7 nitrogen and oxygen atoms in total. The predicted octanol–water partition coefficient (Wildman–Crippen LogP) is 2.35. The zero-order valence-electron chi connectivity index (χ0n) is 13.0. The summed E-state index contributed by atoms with van der Waals surface area (Å²) < 4.78 is 32.3. The molecular weight excluding hydrogens is 332 g/mol. The Morgan fingerprint density at radius 1 is 1.17 bits per heavy atom. The van der Waals surface area contributed by atoms with E-state index in [0.29, 0.717) is 13.0 Å². The highest BCUT2D eigenvalue weighted by Crippen LogP contribution is 2.32. The van der Waals surface area contributed by atoms with Gasteiger partial charge in [-0.15, -0.1) is 0 Å². The summed E-state index contributed by atoms with van der Waals surface area (Å²) >= 11 is 0. The number of nitro groups is 1. The van der Waals surface area contributed by atoms with Crippen molar-refractivity contribution >= 4 is 15.7 Å². The monoisotopic (exact) mass is 348 g/mol. The lowest BCUT2D eigenvalue weighted by molar-refractivity contribution is -0.385. The summed E-state index contributed by atoms with van der Waals surface area (Å²) in [5.41, 5.74) is 1.89. The Kier molecular flexibility index (Phi) is 4.25. The lowest BCUT2D eigenvalue weighted by atomic mass is 10.0. The van der Waals surface area contributed by atoms with Gasteiger partial charge >= 0.3 is 0 Å². The van der Waals surface area contributed by atoms with Crippen molar-refractivity contribution in [1.29, 1.82) is 0 Å². The van der Waals surface area contributed by atoms with E-state index in [1.54, 1.807) is 0 Å². The number of nitrogens with zero attached hydrogens (tertiary/aromatic N) is 2. The molecule has 0 aliphatic carbocycles. The first-order valence-corrected chi connectivity index (χ1v) is 8.77. The molecular formula is C16H16N2O5S. The standard InChI is InChI=1S/C16H16N2O5S/c1-23-15-10-14(18(19)20)6-7-16(15)24(21,22)17-9-8-12-4-2-3-5-13(12)11-17/h2-7,10H,8-9,11H2,1H3. The molecule has 0 fully saturated rings. The number of hydrogen-bond acceptors (Lipinski definition) is 5. The van der Waals surface area contributed by atoms with Gasteiger partial charge in [0, 0.05) is 19.2 Å². The van der Waals surface area contributed by atoms with Crippen molar-refractivity contribution in [2.75, 3.05) is 13.7 Å². The number of benzene rings is 2. The maximum Gasteiger partial charge on any atom is 0.273 e. The van der Waals surface area contributed by atoms with Crippen LogP contribution in [-0.2, 0) is 23.0 Å². The quantitative estimate of drug-likeness (QED) is 0.625. The number of fused-ring (bicyclic) bond motifs is 1. The first-order valence-electron chi connectivity index (χ1n) is 7.33. The Morgan fingerprint density at radius 2 is 1.88 bits per heavy atom. The van der Waals surface area contributed by atoms with Crippen LogP contribution < -0.4 is 4.74 Å². The average Bonchev–Trinajstić information content (AvgIpc) is 2.60. The van der Waals surface area contributed by atoms with Crippen molar-refractivity contribution in [2.24, 2.45) is 0 Å². The molecule has 126 valence electrons. The maximum absolute atomic E-state index is 12.9. The van der Waals surface area contributed by atoms with Crippen LogP contribution in [0.4, 0.5) is 5.69 Å². The zero-order valence-corrected chi connectivity index (χ0v) is 13.8. The number of rotatable bonds is 4. The number of hydrogen-bond donors (Lipinski definition) is 0. The van der Waals surface area contributed by atoms with Gasteiger partial charge in [-0.25, -0.2) is 8.42 Å². The highest BCUT2D eigenvalue weighted by Gasteiger charge is 2.31. The van der Waals surface area contributed by atoms with E-state index in [1.807, 2.05) is 24.3 Å². The van der Waals surface area contributed by atoms with Crippen LogP contribution in [0.2, 0.25) is 0 Å². The summed E-state index contributed by atoms with van der Waals surface area (Å²) in [6.07, 6.45) is 0.630. The Bertz CT molecular complexity index is 895. The van der Waals surface area contributed by atoms with Gasteiger partial charge < -0.3 is 4.74 Å². The van der Waals surface area contributed by atoms with Gasteiger partial charge in [0.25, 0.3) is 5.69 Å². The fraction of sp³-hybridized carbons (Fsp3) is 0.250. The highest BCUT2D eigenvalue weighted by molar-refractivity contribution is 7.89. The van der Waals surface area contributed by atoms with Gasteiger partial charge in [-0.2, -0.15) is 4.31 Å². The summed E-state index contributed by atoms with van der Waals surface area (Å²) in [7, 11) is -2.51. The van der Waals surface area contributed by atoms with Crippen molar-refractivity contribution in [3.8, 4) is 5.75 Å². The Morgan fingerprint density at radius 3 is 2.54 bits per heavy atom. The molecule has 24 heavy (non-hydrogen) atoms. The van der Waals surface area contributed by atoms with Gasteiger partial charge in [0.05, 0.1) is 18.1 Å². The van der Waals surface area contributed by atoms with Crippen LogP contribution in [0.3, 0.4) is 0 Å². The van der Waals surface area contributed by atoms with E-state index < -0.39 is 14.9 Å². The Balaban J connectivity index is 1.98. The molecule has 0 N–H and O–H groups in total. The lowest BCUT2D eigenvalue weighted by Crippen LogP contribution is -2.36. The van der Waals surface area contributed by atoms with Crippen molar-refractivity contribution < 1.29 is 18.1 Å². The topological polar surface area (TPSA) is 89.7 Å². The van der Waals surface area contributed by atoms with Gasteiger partial charge in [-0.05, 0) is 23.6 Å². The maximum atomic E-state index is 12.9. The SMILES string of the molecule is COc1cc([N+](=O)[O-])ccc1S(=O)(=O)N1CCc2ccccc2C1. The fourth-order valence-corrected chi connectivity index (χ4v) is 4.35. The van der Waals surface area contributed by atoms with E-state index in [-0.39, 0.29) is 22.9 Å². The van der Waals surface area contributed by atoms with Crippen molar-refractivity contribution in [3.63, 3.8) is 0 Å². The molecule has 2 aromatic rings. The molecule has 2 aromatic carbocycles. The van der Waals surface area contributed by atoms with Gasteiger partial charge in [0.1, 0.15) is 10.6 Å². The van der Waals surface area contributed by atoms with Crippen LogP contribution in [0, 0.1) is 10.1 Å². The third-order valence-corrected chi connectivity index (χ3v) is 5.96. The fourth-order valence-electron chi connectivity index (χ4n) is 2.80. The smallest absolute Gasteiger partial charge is 0.273 e. The van der Waals surface area contributed by atoms with E-state index in [4.69, 9.17) is 4.74 Å². The Hall–Kier alpha value is -2.45. The molecule has 8 heteroatoms. The van der Waals surface area contributed by atoms with E-state index in [2.05, 4.69) is 0 Å². The van der Waals surface area contributed by atoms with Gasteiger partial charge in [-0.3, -0.25) is 10.1 Å². The third kappa shape index (κ3) is 2.85. The normalized spacial score (nSPS) is 14.9. The van der Waals surface area contributed by atoms with E-state index >= 15 is 0 Å². The highest BCUT2D eigenvalue weighted by atomic mass is 32.2. The largest absolute Gasteiger partial charge is 0.495 e. The average molecular weight is 348 g/mol. The third-order valence-electron chi connectivity index (χ3n) is 4.07. The molecule has 0 radical (unpaired) electrons. The molecule has 0 atom stereocenters. The van der Waals surface area contributed by atoms with Crippen LogP contribution in [-0.4, -0.2) is 31.3 Å². The summed E-state index contributed by atoms with van der Waals surface area (Å²) in [5.74, 6) is -0.0249. The van der Waals surface area contributed by atoms with Crippen LogP contribution >= 0.6 is 0 Å². The number of non-ortho nitro benzene ring substituents is 1. The minimum absolute atomic E-state index is 0.0249. The van der Waals surface area contributed by atoms with Gasteiger partial charge in [0.15, 0.2) is 0 Å². The minimum Gasteiger partial charge on any atom is -0.495 e. The van der Waals surface area contributed by atoms with Crippen LogP contribution in [0.15, 0.2) is 47.4 Å². The first kappa shape index (κ1) is 16.4. The van der Waals surface area contributed by atoms with E-state index in [1.165, 1.54) is 23.5 Å². The minimum atomic E-state index is -3.80. The summed E-state index contributed by atoms with van der Waals surface area (Å²) in [6, 6.07) is 11.2. The Labute approximate surface area is 139 Å². The second-order valence-electron chi connectivity index (χ2n) is 5.45. The molecule has 0 saturated heterocycles. The molecule has 1 aliphatic heterocycles. The molecule has 0 saturated carbocycles. The lowest BCUT2D eigenvalue weighted by Gasteiger charge is -2.28. The van der Waals surface area contributed by atoms with Crippen molar-refractivity contribution in [1.82, 2.24) is 4.31 Å². The number of sulfonamides is 1. The van der Waals surface area contributed by atoms with Crippen molar-refractivity contribution in [2.45, 2.75) is 17.9 Å². The molecule has 0 unspecified atom stereocenters. The number of ether oxygens (including phenoxy) is 1. The predicted molar refractivity (Wildman–Crippen MR) is 87.4 cm³/mol. The molecule has 0 aromatic heterocycles. The first-order chi connectivity index (χ1) is 11.4. The molecule has 1 heterocycles.